The van der Waals surface area contributed by atoms with Gasteiger partial charge < -0.3 is 32.8 Å². The van der Waals surface area contributed by atoms with Crippen LogP contribution in [-0.2, 0) is 13.6 Å². The van der Waals surface area contributed by atoms with E-state index < -0.39 is 63.3 Å². The molecule has 452 valence electrons. The SMILES string of the molecule is [C-]#[N+]c1ccc(N[C@@H](C(=O)NNC(=O)c2cccc(O[Si](C)(C)C(C)(C)C)c2)[C@H](C)O[Si](C)(C)C(C)(C)C)c(C)c1Cl.[C-]#[N+]c1ccc(N[C@@H](c2nnc(-c3cccc(O[Si](C)(C)C(C)(C)C)c3)o2)[C@H](C)O[Si](C)(C)C(C)(C)C)c(C)c1Cl. The summed E-state index contributed by atoms with van der Waals surface area (Å²) in [4.78, 5) is 33.6. The zero-order chi connectivity index (χ0) is 63.2. The Hall–Kier alpha value is -5.49. The smallest absolute Gasteiger partial charge is 0.269 e. The van der Waals surface area contributed by atoms with E-state index in [0.717, 1.165) is 22.6 Å². The summed E-state index contributed by atoms with van der Waals surface area (Å²) >= 11 is 12.9. The minimum Gasteiger partial charge on any atom is -0.543 e. The predicted octanol–water partition coefficient (Wildman–Crippen LogP) is 18.4. The van der Waals surface area contributed by atoms with Crippen LogP contribution in [0.2, 0.25) is 82.6 Å². The Kier molecular flexibility index (Phi) is 22.6. The second kappa shape index (κ2) is 26.8. The summed E-state index contributed by atoms with van der Waals surface area (Å²) in [7, 11) is -8.50. The van der Waals surface area contributed by atoms with Gasteiger partial charge in [0.1, 0.15) is 23.6 Å². The first-order valence-electron chi connectivity index (χ1n) is 28.1. The number of hydrogen-bond donors (Lipinski definition) is 4. The highest BCUT2D eigenvalue weighted by molar-refractivity contribution is 6.75. The van der Waals surface area contributed by atoms with Gasteiger partial charge in [-0.05, 0) is 160 Å². The summed E-state index contributed by atoms with van der Waals surface area (Å²) in [5.41, 5.74) is 9.81. The number of halogens is 2. The molecule has 5 aromatic rings. The Morgan fingerprint density at radius 2 is 1.01 bits per heavy atom. The van der Waals surface area contributed by atoms with Crippen LogP contribution < -0.4 is 30.3 Å². The lowest BCUT2D eigenvalue weighted by atomic mass is 10.1. The lowest BCUT2D eigenvalue weighted by molar-refractivity contribution is -0.124. The topological polar surface area (TPSA) is 167 Å². The van der Waals surface area contributed by atoms with Crippen LogP contribution in [0.25, 0.3) is 21.1 Å². The maximum atomic E-state index is 13.6. The van der Waals surface area contributed by atoms with E-state index in [0.29, 0.717) is 55.8 Å². The molecule has 5 rings (SSSR count). The fraction of sp³-hybridized carbons (Fsp3) is 0.516. The van der Waals surface area contributed by atoms with Gasteiger partial charge in [-0.25, -0.2) is 9.69 Å². The zero-order valence-electron chi connectivity index (χ0n) is 53.6. The van der Waals surface area contributed by atoms with E-state index in [2.05, 4.69) is 177 Å². The number of carbonyl (C=O) groups is 2. The van der Waals surface area contributed by atoms with Crippen LogP contribution in [0.1, 0.15) is 130 Å². The first-order chi connectivity index (χ1) is 37.9. The van der Waals surface area contributed by atoms with Gasteiger partial charge in [0.15, 0.2) is 16.6 Å². The number of aromatic nitrogens is 2. The zero-order valence-corrected chi connectivity index (χ0v) is 59.2. The molecule has 0 saturated heterocycles. The van der Waals surface area contributed by atoms with Gasteiger partial charge in [-0.2, -0.15) is 0 Å². The summed E-state index contributed by atoms with van der Waals surface area (Å²) < 4.78 is 32.5. The molecule has 4 N–H and O–H groups in total. The predicted molar refractivity (Wildman–Crippen MR) is 352 cm³/mol. The normalized spacial score (nSPS) is 14.1. The van der Waals surface area contributed by atoms with Gasteiger partial charge >= 0.3 is 0 Å². The number of amides is 2. The number of hydrazine groups is 1. The number of benzene rings is 4. The summed E-state index contributed by atoms with van der Waals surface area (Å²) in [5, 5.41) is 16.5. The molecular weight excluding hydrogens is 1150 g/mol. The van der Waals surface area contributed by atoms with Crippen molar-refractivity contribution in [1.82, 2.24) is 21.0 Å². The maximum Gasteiger partial charge on any atom is 0.269 e. The first-order valence-corrected chi connectivity index (χ1v) is 40.5. The molecule has 0 spiro atoms. The summed E-state index contributed by atoms with van der Waals surface area (Å²) in [6.45, 7) is 65.8. The van der Waals surface area contributed by atoms with Crippen LogP contribution in [0.5, 0.6) is 11.5 Å². The molecule has 0 aliphatic carbocycles. The van der Waals surface area contributed by atoms with E-state index in [-0.39, 0.29) is 26.3 Å². The highest BCUT2D eigenvalue weighted by atomic mass is 35.5. The minimum absolute atomic E-state index is 0.00328. The lowest BCUT2D eigenvalue weighted by Crippen LogP contribution is -2.55. The molecule has 4 atom stereocenters. The number of carbonyl (C=O) groups excluding carboxylic acids is 2. The maximum absolute atomic E-state index is 13.6. The third-order valence-electron chi connectivity index (χ3n) is 16.9. The quantitative estimate of drug-likeness (QED) is 0.0375. The van der Waals surface area contributed by atoms with Crippen molar-refractivity contribution in [3.63, 3.8) is 0 Å². The minimum atomic E-state index is -2.25. The van der Waals surface area contributed by atoms with Crippen molar-refractivity contribution in [2.45, 2.75) is 208 Å². The third kappa shape index (κ3) is 17.8. The molecule has 15 nitrogen and oxygen atoms in total. The van der Waals surface area contributed by atoms with Crippen molar-refractivity contribution in [3.05, 3.63) is 128 Å². The molecule has 0 bridgehead atoms. The van der Waals surface area contributed by atoms with Crippen LogP contribution in [0.3, 0.4) is 0 Å². The molecule has 0 aliphatic heterocycles. The third-order valence-corrected chi connectivity index (χ3v) is 35.7. The highest BCUT2D eigenvalue weighted by Crippen LogP contribution is 2.43. The number of hydrogen-bond acceptors (Lipinski definition) is 11. The summed E-state index contributed by atoms with van der Waals surface area (Å²) in [6, 6.07) is 20.4. The average Bonchev–Trinajstić information content (AvgIpc) is 3.85. The van der Waals surface area contributed by atoms with Crippen LogP contribution in [-0.4, -0.2) is 73.5 Å². The molecule has 1 heterocycles. The van der Waals surface area contributed by atoms with Crippen LogP contribution in [0, 0.1) is 27.0 Å². The van der Waals surface area contributed by atoms with Crippen LogP contribution in [0.4, 0.5) is 22.7 Å². The van der Waals surface area contributed by atoms with Gasteiger partial charge in [-0.1, -0.05) is 131 Å². The van der Waals surface area contributed by atoms with Crippen LogP contribution in [0.15, 0.2) is 77.2 Å². The van der Waals surface area contributed by atoms with Crippen molar-refractivity contribution < 1.29 is 31.7 Å². The number of anilines is 2. The first kappa shape index (κ1) is 70.0. The van der Waals surface area contributed by atoms with Gasteiger partial charge in [0.05, 0.1) is 35.4 Å². The second-order valence-electron chi connectivity index (χ2n) is 27.4. The van der Waals surface area contributed by atoms with Crippen molar-refractivity contribution >= 4 is 91.0 Å². The van der Waals surface area contributed by atoms with Gasteiger partial charge in [-0.15, -0.1) is 10.2 Å². The Labute approximate surface area is 510 Å². The van der Waals surface area contributed by atoms with E-state index in [1.807, 2.05) is 57.2 Å². The Bertz CT molecular complexity index is 3180. The van der Waals surface area contributed by atoms with Crippen molar-refractivity contribution in [3.8, 4) is 23.0 Å². The van der Waals surface area contributed by atoms with Gasteiger partial charge in [0.2, 0.25) is 39.8 Å². The molecule has 0 radical (unpaired) electrons. The van der Waals surface area contributed by atoms with Gasteiger partial charge in [0, 0.05) is 22.5 Å². The van der Waals surface area contributed by atoms with E-state index >= 15 is 0 Å². The second-order valence-corrected chi connectivity index (χ2v) is 47.2. The van der Waals surface area contributed by atoms with Gasteiger partial charge in [-0.3, -0.25) is 20.4 Å². The monoisotopic (exact) mass is 1240 g/mol. The van der Waals surface area contributed by atoms with E-state index in [9.17, 15) is 9.59 Å². The van der Waals surface area contributed by atoms with E-state index in [1.165, 1.54) is 0 Å². The molecule has 0 fully saturated rings. The van der Waals surface area contributed by atoms with Gasteiger partial charge in [0.25, 0.3) is 11.8 Å². The molecular formula is C62H92Cl2N8O7Si4. The molecule has 4 aromatic carbocycles. The molecule has 0 aliphatic rings. The highest BCUT2D eigenvalue weighted by Gasteiger charge is 2.44. The summed E-state index contributed by atoms with van der Waals surface area (Å²) in [5.74, 6) is 1.28. The Morgan fingerprint density at radius 3 is 1.47 bits per heavy atom. The van der Waals surface area contributed by atoms with E-state index in [4.69, 9.17) is 58.5 Å². The molecule has 83 heavy (non-hydrogen) atoms. The lowest BCUT2D eigenvalue weighted by Gasteiger charge is -2.40. The fourth-order valence-electron chi connectivity index (χ4n) is 7.39. The standard InChI is InChI=1S/C31H47ClN4O4Si2.C31H45ClN4O3Si2/c1-20-24(17-18-25(33-9)26(20)32)34-27(21(2)39-41(10,11)30(3,4)5)29(38)36-35-28(37)22-15-14-16-23(19-22)40-42(12,13)31(6,7)8;1-20-24(17-18-25(33-9)26(20)32)34-27(21(2)38-40(10,11)30(3,4)5)29-36-35-28(37-29)22-15-14-16-23(19-22)39-41(12,13)31(6,7)8/h14-19,21,27,34H,1-8,10-13H3,(H,35,37)(H,36,38);14-19,21,27,34H,1-8,10-13H3/t2*21-,27+/m00/s1. The molecule has 2 amide bonds. The molecule has 1 aromatic heterocycles. The average molecular weight is 1240 g/mol. The van der Waals surface area contributed by atoms with Crippen molar-refractivity contribution in [2.24, 2.45) is 0 Å². The Morgan fingerprint density at radius 1 is 0.578 bits per heavy atom. The van der Waals surface area contributed by atoms with E-state index in [1.54, 1.807) is 43.3 Å². The van der Waals surface area contributed by atoms with Crippen molar-refractivity contribution in [1.29, 1.82) is 0 Å². The largest absolute Gasteiger partial charge is 0.543 e. The molecule has 0 saturated carbocycles. The fourth-order valence-corrected chi connectivity index (χ4v) is 12.7. The number of nitrogens with one attached hydrogen (secondary N) is 4. The molecule has 21 heteroatoms. The number of rotatable bonds is 18. The molecule has 0 unspecified atom stereocenters. The Balaban J connectivity index is 0.000000356. The van der Waals surface area contributed by atoms with Crippen molar-refractivity contribution in [2.75, 3.05) is 10.6 Å². The summed E-state index contributed by atoms with van der Waals surface area (Å²) in [6.07, 6.45) is -0.848. The van der Waals surface area contributed by atoms with Crippen LogP contribution >= 0.6 is 23.2 Å². The number of nitrogens with zero attached hydrogens (tertiary/aromatic N) is 4.